The van der Waals surface area contributed by atoms with E-state index in [9.17, 15) is 8.78 Å². The number of hydrogen-bond donors (Lipinski definition) is 1. The second-order valence-corrected chi connectivity index (χ2v) is 9.09. The maximum atomic E-state index is 14.8. The van der Waals surface area contributed by atoms with Crippen LogP contribution in [0.4, 0.5) is 20.3 Å². The standard InChI is InChI=1S/C24H16F2IN3S/c1-14-6-5-9-19(27)21(14)28-23-22(17-11-10-16(25)12-18(17)26)29-24-30(23)20(13-31-24)15-7-3-2-4-8-15/h2-13,28H,1H3. The fourth-order valence-electron chi connectivity index (χ4n) is 3.56. The van der Waals surface area contributed by atoms with E-state index in [4.69, 9.17) is 4.98 Å². The van der Waals surface area contributed by atoms with Crippen molar-refractivity contribution in [1.29, 1.82) is 0 Å². The molecular formula is C24H16F2IN3S. The van der Waals surface area contributed by atoms with E-state index in [2.05, 4.69) is 27.9 Å². The third-order valence-electron chi connectivity index (χ3n) is 5.08. The van der Waals surface area contributed by atoms with E-state index < -0.39 is 11.6 Å². The van der Waals surface area contributed by atoms with Crippen LogP contribution in [-0.2, 0) is 0 Å². The molecule has 0 fully saturated rings. The first-order valence-electron chi connectivity index (χ1n) is 9.56. The quantitative estimate of drug-likeness (QED) is 0.236. The number of nitrogens with zero attached hydrogens (tertiary/aromatic N) is 2. The molecule has 5 rings (SSSR count). The van der Waals surface area contributed by atoms with Crippen molar-refractivity contribution in [1.82, 2.24) is 9.38 Å². The molecule has 3 aromatic carbocycles. The molecule has 1 N–H and O–H groups in total. The molecule has 0 amide bonds. The van der Waals surface area contributed by atoms with Crippen LogP contribution < -0.4 is 5.32 Å². The second kappa shape index (κ2) is 8.05. The van der Waals surface area contributed by atoms with E-state index in [1.54, 1.807) is 0 Å². The minimum atomic E-state index is -0.644. The molecule has 2 aromatic heterocycles. The molecule has 31 heavy (non-hydrogen) atoms. The van der Waals surface area contributed by atoms with E-state index >= 15 is 0 Å². The summed E-state index contributed by atoms with van der Waals surface area (Å²) >= 11 is 3.76. The Balaban J connectivity index is 1.79. The predicted octanol–water partition coefficient (Wildman–Crippen LogP) is 7.66. The molecule has 0 aliphatic heterocycles. The van der Waals surface area contributed by atoms with E-state index in [0.29, 0.717) is 11.5 Å². The topological polar surface area (TPSA) is 29.3 Å². The maximum Gasteiger partial charge on any atom is 0.196 e. The molecular weight excluding hydrogens is 527 g/mol. The van der Waals surface area contributed by atoms with Crippen LogP contribution >= 0.6 is 33.9 Å². The Kier molecular flexibility index (Phi) is 5.23. The molecule has 5 aromatic rings. The highest BCUT2D eigenvalue weighted by atomic mass is 127. The maximum absolute atomic E-state index is 14.8. The number of fused-ring (bicyclic) bond motifs is 1. The summed E-state index contributed by atoms with van der Waals surface area (Å²) < 4.78 is 31.4. The highest BCUT2D eigenvalue weighted by Crippen LogP contribution is 2.39. The lowest BCUT2D eigenvalue weighted by Crippen LogP contribution is -2.02. The number of aromatic nitrogens is 2. The summed E-state index contributed by atoms with van der Waals surface area (Å²) in [5.41, 5.74) is 4.67. The van der Waals surface area contributed by atoms with Crippen LogP contribution in [0, 0.1) is 22.1 Å². The predicted molar refractivity (Wildman–Crippen MR) is 131 cm³/mol. The molecule has 0 aliphatic rings. The molecule has 2 heterocycles. The molecule has 0 bridgehead atoms. The molecule has 154 valence electrons. The van der Waals surface area contributed by atoms with Crippen LogP contribution in [0.1, 0.15) is 5.56 Å². The van der Waals surface area contributed by atoms with Crippen molar-refractivity contribution < 1.29 is 8.78 Å². The van der Waals surface area contributed by atoms with E-state index in [0.717, 1.165) is 37.1 Å². The zero-order valence-electron chi connectivity index (χ0n) is 16.4. The third-order valence-corrected chi connectivity index (χ3v) is 6.81. The summed E-state index contributed by atoms with van der Waals surface area (Å²) in [7, 11) is 0. The number of hydrogen-bond acceptors (Lipinski definition) is 3. The van der Waals surface area contributed by atoms with Crippen molar-refractivity contribution in [3.05, 3.63) is 92.9 Å². The molecule has 0 saturated heterocycles. The lowest BCUT2D eigenvalue weighted by atomic mass is 10.1. The molecule has 7 heteroatoms. The van der Waals surface area contributed by atoms with Crippen molar-refractivity contribution in [2.24, 2.45) is 0 Å². The fraction of sp³-hybridized carbons (Fsp3) is 0.0417. The first kappa shape index (κ1) is 20.1. The van der Waals surface area contributed by atoms with Gasteiger partial charge in [-0.15, -0.1) is 11.3 Å². The first-order valence-corrected chi connectivity index (χ1v) is 11.5. The lowest BCUT2D eigenvalue weighted by molar-refractivity contribution is 0.585. The number of imidazole rings is 1. The lowest BCUT2D eigenvalue weighted by Gasteiger charge is -2.14. The Morgan fingerprint density at radius 1 is 1.00 bits per heavy atom. The smallest absolute Gasteiger partial charge is 0.196 e. The van der Waals surface area contributed by atoms with Crippen LogP contribution in [0.15, 0.2) is 72.1 Å². The number of para-hydroxylation sites is 1. The van der Waals surface area contributed by atoms with Crippen molar-refractivity contribution in [3.63, 3.8) is 0 Å². The molecule has 0 aliphatic carbocycles. The van der Waals surface area contributed by atoms with Crippen molar-refractivity contribution in [2.75, 3.05) is 5.32 Å². The van der Waals surface area contributed by atoms with E-state index in [-0.39, 0.29) is 5.56 Å². The van der Waals surface area contributed by atoms with Gasteiger partial charge in [0.05, 0.1) is 11.4 Å². The van der Waals surface area contributed by atoms with Crippen molar-refractivity contribution >= 4 is 50.4 Å². The molecule has 0 saturated carbocycles. The monoisotopic (exact) mass is 543 g/mol. The number of thiazole rings is 1. The van der Waals surface area contributed by atoms with Gasteiger partial charge in [0.15, 0.2) is 4.96 Å². The summed E-state index contributed by atoms with van der Waals surface area (Å²) in [5, 5.41) is 5.55. The summed E-state index contributed by atoms with van der Waals surface area (Å²) in [6.45, 7) is 2.02. The van der Waals surface area contributed by atoms with Gasteiger partial charge in [0.25, 0.3) is 0 Å². The SMILES string of the molecule is Cc1cccc(I)c1Nc1c(-c2ccc(F)cc2F)nc2scc(-c3ccccc3)n12. The molecule has 0 radical (unpaired) electrons. The molecule has 0 unspecified atom stereocenters. The van der Waals surface area contributed by atoms with Gasteiger partial charge in [-0.1, -0.05) is 42.5 Å². The Morgan fingerprint density at radius 2 is 1.81 bits per heavy atom. The zero-order chi connectivity index (χ0) is 21.5. The van der Waals surface area contributed by atoms with Gasteiger partial charge < -0.3 is 5.32 Å². The van der Waals surface area contributed by atoms with Crippen LogP contribution in [0.3, 0.4) is 0 Å². The van der Waals surface area contributed by atoms with Gasteiger partial charge in [-0.3, -0.25) is 4.40 Å². The number of halogens is 3. The average Bonchev–Trinajstić information content (AvgIpc) is 3.31. The van der Waals surface area contributed by atoms with Crippen LogP contribution in [0.25, 0.3) is 27.5 Å². The van der Waals surface area contributed by atoms with Gasteiger partial charge in [-0.05, 0) is 58.8 Å². The van der Waals surface area contributed by atoms with Gasteiger partial charge in [-0.25, -0.2) is 13.8 Å². The Labute approximate surface area is 195 Å². The average molecular weight is 543 g/mol. The first-order chi connectivity index (χ1) is 15.0. The molecule has 3 nitrogen and oxygen atoms in total. The minimum absolute atomic E-state index is 0.252. The highest BCUT2D eigenvalue weighted by Gasteiger charge is 2.22. The Morgan fingerprint density at radius 3 is 2.55 bits per heavy atom. The Bertz CT molecular complexity index is 1390. The fourth-order valence-corrected chi connectivity index (χ4v) is 5.23. The van der Waals surface area contributed by atoms with Gasteiger partial charge in [0.1, 0.15) is 23.1 Å². The normalized spacial score (nSPS) is 11.2. The number of nitrogens with one attached hydrogen (secondary N) is 1. The van der Waals surface area contributed by atoms with Gasteiger partial charge >= 0.3 is 0 Å². The van der Waals surface area contributed by atoms with Gasteiger partial charge in [0, 0.05) is 20.6 Å². The summed E-state index contributed by atoms with van der Waals surface area (Å²) in [4.78, 5) is 5.45. The van der Waals surface area contributed by atoms with Gasteiger partial charge in [0.2, 0.25) is 0 Å². The summed E-state index contributed by atoms with van der Waals surface area (Å²) in [5.74, 6) is -0.613. The Hall–Kier alpha value is -2.78. The number of rotatable bonds is 4. The van der Waals surface area contributed by atoms with Crippen LogP contribution in [0.5, 0.6) is 0 Å². The highest BCUT2D eigenvalue weighted by molar-refractivity contribution is 14.1. The van der Waals surface area contributed by atoms with Crippen LogP contribution in [0.2, 0.25) is 0 Å². The zero-order valence-corrected chi connectivity index (χ0v) is 19.3. The van der Waals surface area contributed by atoms with Gasteiger partial charge in [-0.2, -0.15) is 0 Å². The number of benzene rings is 3. The minimum Gasteiger partial charge on any atom is -0.338 e. The summed E-state index contributed by atoms with van der Waals surface area (Å²) in [6, 6.07) is 19.6. The van der Waals surface area contributed by atoms with E-state index in [1.165, 1.54) is 23.5 Å². The second-order valence-electron chi connectivity index (χ2n) is 7.09. The van der Waals surface area contributed by atoms with Crippen LogP contribution in [-0.4, -0.2) is 9.38 Å². The number of anilines is 2. The largest absolute Gasteiger partial charge is 0.338 e. The molecule has 0 spiro atoms. The van der Waals surface area contributed by atoms with E-state index in [1.807, 2.05) is 65.2 Å². The van der Waals surface area contributed by atoms with Crippen molar-refractivity contribution in [2.45, 2.75) is 6.92 Å². The summed E-state index contributed by atoms with van der Waals surface area (Å²) in [6.07, 6.45) is 0. The number of aryl methyl sites for hydroxylation is 1. The molecule has 0 atom stereocenters. The van der Waals surface area contributed by atoms with Crippen molar-refractivity contribution in [3.8, 4) is 22.5 Å². The third kappa shape index (κ3) is 3.61.